The average molecular weight is 309 g/mol. The molecule has 2 rings (SSSR count). The van der Waals surface area contributed by atoms with Crippen molar-refractivity contribution >= 4 is 11.9 Å². The molecule has 1 amide bonds. The van der Waals surface area contributed by atoms with Crippen molar-refractivity contribution < 1.29 is 32.3 Å². The molecule has 0 bridgehead atoms. The molecule has 0 saturated heterocycles. The summed E-state index contributed by atoms with van der Waals surface area (Å²) in [6.07, 6.45) is -2.20. The molecule has 10 heteroatoms. The normalized spacial score (nSPS) is 17.4. The summed E-state index contributed by atoms with van der Waals surface area (Å²) >= 11 is 0. The number of nitrogens with one attached hydrogen (secondary N) is 2. The van der Waals surface area contributed by atoms with Gasteiger partial charge in [0.2, 0.25) is 0 Å². The first-order valence-electron chi connectivity index (χ1n) is 5.96. The van der Waals surface area contributed by atoms with Crippen LogP contribution in [0.4, 0.5) is 17.6 Å². The highest BCUT2D eigenvalue weighted by Gasteiger charge is 2.53. The minimum atomic E-state index is -4.81. The molecule has 1 fully saturated rings. The zero-order chi connectivity index (χ0) is 15.8. The van der Waals surface area contributed by atoms with Crippen LogP contribution in [-0.4, -0.2) is 39.3 Å². The third-order valence-electron chi connectivity index (χ3n) is 3.40. The number of carboxylic acids is 1. The third kappa shape index (κ3) is 2.57. The van der Waals surface area contributed by atoms with Crippen molar-refractivity contribution in [2.75, 3.05) is 0 Å². The molecule has 3 N–H and O–H groups in total. The molecular weight excluding hydrogens is 298 g/mol. The predicted molar refractivity (Wildman–Crippen MR) is 60.2 cm³/mol. The van der Waals surface area contributed by atoms with E-state index >= 15 is 0 Å². The van der Waals surface area contributed by atoms with Gasteiger partial charge in [-0.05, 0) is 19.3 Å². The summed E-state index contributed by atoms with van der Waals surface area (Å²) in [5, 5.41) is 10.6. The topological polar surface area (TPSA) is 95.1 Å². The van der Waals surface area contributed by atoms with Gasteiger partial charge in [-0.2, -0.15) is 8.78 Å². The van der Waals surface area contributed by atoms with Gasteiger partial charge in [-0.25, -0.2) is 18.6 Å². The fraction of sp³-hybridized carbons (Fsp3) is 0.545. The summed E-state index contributed by atoms with van der Waals surface area (Å²) in [5.74, 6) is -8.27. The van der Waals surface area contributed by atoms with Gasteiger partial charge in [0.05, 0.1) is 11.7 Å². The predicted octanol–water partition coefficient (Wildman–Crippen LogP) is 1.50. The van der Waals surface area contributed by atoms with E-state index in [1.165, 1.54) is 0 Å². The summed E-state index contributed by atoms with van der Waals surface area (Å²) in [6, 6.07) is 0. The number of nitrogens with zero attached hydrogens (tertiary/aromatic N) is 1. The molecule has 1 aromatic heterocycles. The Morgan fingerprint density at radius 3 is 2.43 bits per heavy atom. The number of carboxylic acid groups (broad SMARTS) is 1. The fourth-order valence-corrected chi connectivity index (χ4v) is 2.02. The van der Waals surface area contributed by atoms with Crippen LogP contribution in [0.5, 0.6) is 0 Å². The lowest BCUT2D eigenvalue weighted by Crippen LogP contribution is -2.57. The molecule has 1 aliphatic carbocycles. The molecule has 0 radical (unpaired) electrons. The van der Waals surface area contributed by atoms with Gasteiger partial charge in [0.1, 0.15) is 11.5 Å². The maximum absolute atomic E-state index is 13.0. The van der Waals surface area contributed by atoms with Gasteiger partial charge < -0.3 is 15.4 Å². The number of aromatic carboxylic acids is 1. The van der Waals surface area contributed by atoms with Crippen molar-refractivity contribution in [2.45, 2.75) is 37.1 Å². The maximum Gasteiger partial charge on any atom is 0.383 e. The second kappa shape index (κ2) is 5.01. The van der Waals surface area contributed by atoms with Crippen molar-refractivity contribution in [3.05, 3.63) is 17.7 Å². The first kappa shape index (κ1) is 15.3. The number of imidazole rings is 1. The summed E-state index contributed by atoms with van der Waals surface area (Å²) in [7, 11) is 0. The summed E-state index contributed by atoms with van der Waals surface area (Å²) in [4.78, 5) is 28.2. The smallest absolute Gasteiger partial charge is 0.383 e. The monoisotopic (exact) mass is 309 g/mol. The second-order valence-electron chi connectivity index (χ2n) is 4.76. The summed E-state index contributed by atoms with van der Waals surface area (Å²) in [5.41, 5.74) is -1.64. The molecule has 1 heterocycles. The molecule has 0 aromatic carbocycles. The molecule has 21 heavy (non-hydrogen) atoms. The van der Waals surface area contributed by atoms with Crippen molar-refractivity contribution in [1.82, 2.24) is 15.3 Å². The van der Waals surface area contributed by atoms with Crippen LogP contribution in [0.15, 0.2) is 6.20 Å². The van der Waals surface area contributed by atoms with Gasteiger partial charge >= 0.3 is 18.3 Å². The Bertz CT molecular complexity index is 569. The van der Waals surface area contributed by atoms with Crippen LogP contribution in [0.2, 0.25) is 0 Å². The highest BCUT2D eigenvalue weighted by molar-refractivity contribution is 5.86. The zero-order valence-corrected chi connectivity index (χ0v) is 10.5. The number of rotatable bonds is 5. The van der Waals surface area contributed by atoms with Gasteiger partial charge in [0.15, 0.2) is 0 Å². The van der Waals surface area contributed by atoms with Crippen LogP contribution in [0.25, 0.3) is 0 Å². The number of hydrogen-bond donors (Lipinski definition) is 3. The second-order valence-corrected chi connectivity index (χ2v) is 4.76. The first-order chi connectivity index (χ1) is 9.69. The standard InChI is InChI=1S/C11H11F4N3O3/c12-7(13)11(14,15)9(21)18-10(2-1-3-10)8-16-4-5(17-8)6(19)20/h4,7H,1-3H2,(H,16,17)(H,18,21)(H,19,20). The number of amides is 1. The number of alkyl halides is 4. The summed E-state index contributed by atoms with van der Waals surface area (Å²) < 4.78 is 50.3. The Hall–Kier alpha value is -2.13. The minimum absolute atomic E-state index is 0.0374. The SMILES string of the molecule is O=C(O)c1cnc(C2(NC(=O)C(F)(F)C(F)F)CCC2)[nH]1. The van der Waals surface area contributed by atoms with Crippen LogP contribution in [0, 0.1) is 0 Å². The zero-order valence-electron chi connectivity index (χ0n) is 10.5. The number of aromatic nitrogens is 2. The van der Waals surface area contributed by atoms with Gasteiger partial charge in [-0.15, -0.1) is 0 Å². The van der Waals surface area contributed by atoms with Crippen LogP contribution in [0.1, 0.15) is 35.6 Å². The molecular formula is C11H11F4N3O3. The number of hydrogen-bond acceptors (Lipinski definition) is 3. The van der Waals surface area contributed by atoms with E-state index in [4.69, 9.17) is 5.11 Å². The lowest BCUT2D eigenvalue weighted by Gasteiger charge is -2.41. The number of halogens is 4. The van der Waals surface area contributed by atoms with Crippen molar-refractivity contribution in [1.29, 1.82) is 0 Å². The Morgan fingerprint density at radius 1 is 1.43 bits per heavy atom. The molecule has 0 spiro atoms. The number of carbonyl (C=O) groups is 2. The minimum Gasteiger partial charge on any atom is -0.477 e. The Morgan fingerprint density at radius 2 is 2.05 bits per heavy atom. The van der Waals surface area contributed by atoms with E-state index < -0.39 is 29.8 Å². The number of H-pyrrole nitrogens is 1. The number of aromatic amines is 1. The van der Waals surface area contributed by atoms with Gasteiger partial charge in [-0.3, -0.25) is 4.79 Å². The van der Waals surface area contributed by atoms with Gasteiger partial charge in [-0.1, -0.05) is 0 Å². The Labute approximate surface area is 115 Å². The van der Waals surface area contributed by atoms with E-state index in [0.29, 0.717) is 6.42 Å². The quantitative estimate of drug-likeness (QED) is 0.718. The average Bonchev–Trinajstić information content (AvgIpc) is 2.82. The molecule has 0 aliphatic heterocycles. The molecule has 1 saturated carbocycles. The highest BCUT2D eigenvalue weighted by atomic mass is 19.3. The summed E-state index contributed by atoms with van der Waals surface area (Å²) in [6.45, 7) is 0. The van der Waals surface area contributed by atoms with E-state index in [2.05, 4.69) is 9.97 Å². The molecule has 1 aromatic rings. The third-order valence-corrected chi connectivity index (χ3v) is 3.40. The van der Waals surface area contributed by atoms with E-state index in [-0.39, 0.29) is 24.4 Å². The van der Waals surface area contributed by atoms with Crippen LogP contribution >= 0.6 is 0 Å². The molecule has 116 valence electrons. The maximum atomic E-state index is 13.0. The molecule has 0 unspecified atom stereocenters. The van der Waals surface area contributed by atoms with Crippen LogP contribution in [-0.2, 0) is 10.3 Å². The lowest BCUT2D eigenvalue weighted by molar-refractivity contribution is -0.172. The van der Waals surface area contributed by atoms with Crippen LogP contribution in [0.3, 0.4) is 0 Å². The molecule has 1 aliphatic rings. The van der Waals surface area contributed by atoms with E-state index in [1.54, 1.807) is 0 Å². The van der Waals surface area contributed by atoms with E-state index in [9.17, 15) is 27.2 Å². The highest BCUT2D eigenvalue weighted by Crippen LogP contribution is 2.40. The first-order valence-corrected chi connectivity index (χ1v) is 5.96. The van der Waals surface area contributed by atoms with Crippen LogP contribution < -0.4 is 5.32 Å². The Balaban J connectivity index is 2.22. The van der Waals surface area contributed by atoms with Crippen molar-refractivity contribution in [3.63, 3.8) is 0 Å². The molecule has 0 atom stereocenters. The van der Waals surface area contributed by atoms with E-state index in [1.807, 2.05) is 5.32 Å². The largest absolute Gasteiger partial charge is 0.477 e. The van der Waals surface area contributed by atoms with Crippen molar-refractivity contribution in [3.8, 4) is 0 Å². The van der Waals surface area contributed by atoms with Crippen molar-refractivity contribution in [2.24, 2.45) is 0 Å². The van der Waals surface area contributed by atoms with E-state index in [0.717, 1.165) is 6.20 Å². The van der Waals surface area contributed by atoms with Gasteiger partial charge in [0.25, 0.3) is 5.91 Å². The Kier molecular flexibility index (Phi) is 3.64. The fourth-order valence-electron chi connectivity index (χ4n) is 2.02. The lowest BCUT2D eigenvalue weighted by atomic mass is 9.76. The number of carbonyl (C=O) groups excluding carboxylic acids is 1. The molecule has 6 nitrogen and oxygen atoms in total. The van der Waals surface area contributed by atoms with Gasteiger partial charge in [0, 0.05) is 0 Å².